The number of aliphatic carboxylic acids is 1. The number of carbonyl (C=O) groups excluding carboxylic acids is 1. The second-order valence-corrected chi connectivity index (χ2v) is 7.83. The molecule has 0 saturated carbocycles. The van der Waals surface area contributed by atoms with Crippen molar-refractivity contribution >= 4 is 40.8 Å². The van der Waals surface area contributed by atoms with Crippen molar-refractivity contribution in [3.8, 4) is 17.2 Å². The maximum absolute atomic E-state index is 11.4. The summed E-state index contributed by atoms with van der Waals surface area (Å²) in [4.78, 5) is 22.1. The van der Waals surface area contributed by atoms with Gasteiger partial charge in [0.05, 0.1) is 5.02 Å². The topological polar surface area (TPSA) is 108 Å². The molecule has 0 spiro atoms. The first-order chi connectivity index (χ1) is 15.2. The van der Waals surface area contributed by atoms with Gasteiger partial charge in [-0.3, -0.25) is 4.79 Å². The fourth-order valence-corrected chi connectivity index (χ4v) is 3.38. The van der Waals surface area contributed by atoms with E-state index in [-0.39, 0.29) is 16.5 Å². The van der Waals surface area contributed by atoms with Gasteiger partial charge in [-0.2, -0.15) is 0 Å². The summed E-state index contributed by atoms with van der Waals surface area (Å²) in [6.07, 6.45) is 0. The van der Waals surface area contributed by atoms with E-state index in [4.69, 9.17) is 33.0 Å². The van der Waals surface area contributed by atoms with E-state index in [0.717, 1.165) is 5.56 Å². The molecule has 0 unspecified atom stereocenters. The Morgan fingerprint density at radius 2 is 1.72 bits per heavy atom. The molecule has 1 amide bonds. The van der Waals surface area contributed by atoms with Crippen molar-refractivity contribution in [1.82, 2.24) is 5.32 Å². The zero-order chi connectivity index (χ0) is 23.3. The third kappa shape index (κ3) is 6.13. The summed E-state index contributed by atoms with van der Waals surface area (Å²) in [6, 6.07) is 15.2. The molecule has 3 aromatic rings. The fraction of sp³-hybridized carbons (Fsp3) is 0.130. The van der Waals surface area contributed by atoms with Crippen molar-refractivity contribution in [1.29, 1.82) is 0 Å². The number of phenols is 1. The minimum atomic E-state index is -1.60. The van der Waals surface area contributed by atoms with E-state index in [9.17, 15) is 14.7 Å². The third-order valence-electron chi connectivity index (χ3n) is 4.51. The van der Waals surface area contributed by atoms with E-state index in [2.05, 4.69) is 10.6 Å². The largest absolute Gasteiger partial charge is 0.508 e. The van der Waals surface area contributed by atoms with Gasteiger partial charge in [-0.15, -0.1) is 0 Å². The highest BCUT2D eigenvalue weighted by Gasteiger charge is 2.15. The van der Waals surface area contributed by atoms with E-state index in [1.165, 1.54) is 12.1 Å². The van der Waals surface area contributed by atoms with Gasteiger partial charge in [-0.1, -0.05) is 35.3 Å². The Bertz CT molecular complexity index is 1130. The van der Waals surface area contributed by atoms with Crippen molar-refractivity contribution < 1.29 is 24.5 Å². The molecule has 32 heavy (non-hydrogen) atoms. The number of rotatable bonds is 7. The maximum Gasteiger partial charge on any atom is 0.394 e. The SMILES string of the molecule is Cc1cc(NC(=O)C(=O)O)cc(Cl)c1Oc1ccc(O)c(CNCc2ccc(Cl)cc2)c1. The molecular formula is C23H20Cl2N2O5. The van der Waals surface area contributed by atoms with Crippen LogP contribution in [0.2, 0.25) is 10.0 Å². The first-order valence-electron chi connectivity index (χ1n) is 9.52. The smallest absolute Gasteiger partial charge is 0.394 e. The lowest BCUT2D eigenvalue weighted by atomic mass is 10.1. The van der Waals surface area contributed by atoms with Crippen LogP contribution in [0.25, 0.3) is 0 Å². The Hall–Kier alpha value is -3.26. The normalized spacial score (nSPS) is 10.6. The van der Waals surface area contributed by atoms with Gasteiger partial charge in [0.1, 0.15) is 17.2 Å². The van der Waals surface area contributed by atoms with Crippen LogP contribution in [0.4, 0.5) is 5.69 Å². The zero-order valence-corrected chi connectivity index (χ0v) is 18.5. The van der Waals surface area contributed by atoms with Crippen molar-refractivity contribution in [2.75, 3.05) is 5.32 Å². The van der Waals surface area contributed by atoms with Gasteiger partial charge < -0.3 is 25.6 Å². The molecule has 0 heterocycles. The molecule has 0 bridgehead atoms. The molecule has 0 aliphatic rings. The zero-order valence-electron chi connectivity index (χ0n) is 17.0. The minimum Gasteiger partial charge on any atom is -0.508 e. The number of carbonyl (C=O) groups is 2. The Balaban J connectivity index is 1.70. The lowest BCUT2D eigenvalue weighted by Gasteiger charge is -2.14. The molecule has 0 aliphatic carbocycles. The summed E-state index contributed by atoms with van der Waals surface area (Å²) < 4.78 is 5.91. The second kappa shape index (κ2) is 10.4. The Morgan fingerprint density at radius 1 is 1.00 bits per heavy atom. The minimum absolute atomic E-state index is 0.121. The molecule has 9 heteroatoms. The highest BCUT2D eigenvalue weighted by atomic mass is 35.5. The average molecular weight is 475 g/mol. The fourth-order valence-electron chi connectivity index (χ4n) is 2.95. The van der Waals surface area contributed by atoms with E-state index in [1.807, 2.05) is 24.3 Å². The van der Waals surface area contributed by atoms with Crippen LogP contribution in [0.15, 0.2) is 54.6 Å². The van der Waals surface area contributed by atoms with E-state index < -0.39 is 11.9 Å². The Labute approximate surface area is 194 Å². The first kappa shape index (κ1) is 23.4. The summed E-state index contributed by atoms with van der Waals surface area (Å²) in [6.45, 7) is 2.71. The van der Waals surface area contributed by atoms with Gasteiger partial charge in [0.25, 0.3) is 0 Å². The van der Waals surface area contributed by atoms with Gasteiger partial charge in [0.15, 0.2) is 0 Å². The number of hydrogen-bond acceptors (Lipinski definition) is 5. The predicted molar refractivity (Wildman–Crippen MR) is 123 cm³/mol. The van der Waals surface area contributed by atoms with Gasteiger partial charge >= 0.3 is 11.9 Å². The van der Waals surface area contributed by atoms with E-state index in [0.29, 0.717) is 40.7 Å². The number of aryl methyl sites for hydroxylation is 1. The quantitative estimate of drug-likeness (QED) is 0.354. The molecule has 0 atom stereocenters. The summed E-state index contributed by atoms with van der Waals surface area (Å²) in [5, 5.41) is 25.3. The standard InChI is InChI=1S/C23H20Cl2N2O5/c1-13-8-17(27-22(29)23(30)31)10-19(25)21(13)32-18-6-7-20(28)15(9-18)12-26-11-14-2-4-16(24)5-3-14/h2-10,26,28H,11-12H2,1H3,(H,27,29)(H,30,31). The highest BCUT2D eigenvalue weighted by Crippen LogP contribution is 2.36. The average Bonchev–Trinajstić information content (AvgIpc) is 2.74. The lowest BCUT2D eigenvalue weighted by Crippen LogP contribution is -2.21. The van der Waals surface area contributed by atoms with Gasteiger partial charge in [0.2, 0.25) is 0 Å². The summed E-state index contributed by atoms with van der Waals surface area (Å²) in [5.74, 6) is -1.83. The molecule has 0 aliphatic heterocycles. The lowest BCUT2D eigenvalue weighted by molar-refractivity contribution is -0.147. The van der Waals surface area contributed by atoms with Crippen molar-refractivity contribution in [2.45, 2.75) is 20.0 Å². The van der Waals surface area contributed by atoms with Crippen molar-refractivity contribution in [3.05, 3.63) is 81.3 Å². The summed E-state index contributed by atoms with van der Waals surface area (Å²) in [7, 11) is 0. The van der Waals surface area contributed by atoms with Crippen molar-refractivity contribution in [2.24, 2.45) is 0 Å². The monoisotopic (exact) mass is 474 g/mol. The molecule has 3 rings (SSSR count). The molecule has 166 valence electrons. The number of ether oxygens (including phenoxy) is 1. The number of aromatic hydroxyl groups is 1. The number of carboxylic acid groups (broad SMARTS) is 1. The Kier molecular flexibility index (Phi) is 7.58. The van der Waals surface area contributed by atoms with Crippen LogP contribution in [0.5, 0.6) is 17.2 Å². The maximum atomic E-state index is 11.4. The van der Waals surface area contributed by atoms with Crippen LogP contribution in [0.3, 0.4) is 0 Å². The van der Waals surface area contributed by atoms with E-state index in [1.54, 1.807) is 25.1 Å². The van der Waals surface area contributed by atoms with Crippen molar-refractivity contribution in [3.63, 3.8) is 0 Å². The number of carboxylic acids is 1. The molecule has 4 N–H and O–H groups in total. The first-order valence-corrected chi connectivity index (χ1v) is 10.3. The number of nitrogens with one attached hydrogen (secondary N) is 2. The van der Waals surface area contributed by atoms with Crippen LogP contribution in [0, 0.1) is 6.92 Å². The molecule has 0 saturated heterocycles. The number of phenolic OH excluding ortho intramolecular Hbond substituents is 1. The highest BCUT2D eigenvalue weighted by molar-refractivity contribution is 6.37. The summed E-state index contributed by atoms with van der Waals surface area (Å²) in [5.41, 5.74) is 2.52. The van der Waals surface area contributed by atoms with Crippen LogP contribution in [0.1, 0.15) is 16.7 Å². The predicted octanol–water partition coefficient (Wildman–Crippen LogP) is 5.11. The van der Waals surface area contributed by atoms with Gasteiger partial charge in [0, 0.05) is 29.4 Å². The van der Waals surface area contributed by atoms with Crippen LogP contribution < -0.4 is 15.4 Å². The molecule has 7 nitrogen and oxygen atoms in total. The molecule has 3 aromatic carbocycles. The number of benzene rings is 3. The number of anilines is 1. The van der Waals surface area contributed by atoms with Crippen LogP contribution >= 0.6 is 23.2 Å². The van der Waals surface area contributed by atoms with Gasteiger partial charge in [-0.05, 0) is 60.5 Å². The number of halogens is 2. The third-order valence-corrected chi connectivity index (χ3v) is 5.04. The Morgan fingerprint density at radius 3 is 2.38 bits per heavy atom. The van der Waals surface area contributed by atoms with Gasteiger partial charge in [-0.25, -0.2) is 4.79 Å². The van der Waals surface area contributed by atoms with E-state index >= 15 is 0 Å². The molecular weight excluding hydrogens is 455 g/mol. The second-order valence-electron chi connectivity index (χ2n) is 6.99. The number of amides is 1. The van der Waals surface area contributed by atoms with Crippen LogP contribution in [-0.4, -0.2) is 22.1 Å². The molecule has 0 fully saturated rings. The van der Waals surface area contributed by atoms with Crippen LogP contribution in [-0.2, 0) is 22.7 Å². The number of hydrogen-bond donors (Lipinski definition) is 4. The molecule has 0 aromatic heterocycles. The molecule has 0 radical (unpaired) electrons. The summed E-state index contributed by atoms with van der Waals surface area (Å²) >= 11 is 12.2.